The first-order valence-electron chi connectivity index (χ1n) is 9.74. The molecule has 0 atom stereocenters. The van der Waals surface area contributed by atoms with Gasteiger partial charge in [0.25, 0.3) is 0 Å². The summed E-state index contributed by atoms with van der Waals surface area (Å²) in [5.74, 6) is -0.675. The first kappa shape index (κ1) is 27.3. The van der Waals surface area contributed by atoms with E-state index in [-0.39, 0.29) is 6.42 Å². The third-order valence-electron chi connectivity index (χ3n) is 3.85. The van der Waals surface area contributed by atoms with Crippen LogP contribution < -0.4 is 10.1 Å². The van der Waals surface area contributed by atoms with Gasteiger partial charge in [0, 0.05) is 18.1 Å². The normalized spacial score (nSPS) is 10.7. The molecule has 0 aliphatic rings. The van der Waals surface area contributed by atoms with Gasteiger partial charge in [-0.05, 0) is 36.2 Å². The highest BCUT2D eigenvalue weighted by atomic mass is 32.2. The Kier molecular flexibility index (Phi) is 12.9. The molecule has 0 aliphatic carbocycles. The lowest BCUT2D eigenvalue weighted by Crippen LogP contribution is -2.21. The van der Waals surface area contributed by atoms with Crippen molar-refractivity contribution in [1.29, 1.82) is 0 Å². The fraction of sp³-hybridized carbons (Fsp3) is 0.364. The summed E-state index contributed by atoms with van der Waals surface area (Å²) < 4.78 is 37.6. The highest BCUT2D eigenvalue weighted by Crippen LogP contribution is 2.16. The molecule has 6 nitrogen and oxygen atoms in total. The lowest BCUT2D eigenvalue weighted by Gasteiger charge is -2.09. The molecule has 32 heavy (non-hydrogen) atoms. The quantitative estimate of drug-likeness (QED) is 0.397. The second kappa shape index (κ2) is 15.1. The van der Waals surface area contributed by atoms with Crippen molar-refractivity contribution in [3.8, 4) is 5.75 Å². The molecule has 176 valence electrons. The molecular weight excluding hydrogens is 447 g/mol. The number of thioether (sulfide) groups is 1. The second-order valence-corrected chi connectivity index (χ2v) is 7.59. The van der Waals surface area contributed by atoms with Crippen LogP contribution in [0.15, 0.2) is 54.6 Å². The van der Waals surface area contributed by atoms with Crippen LogP contribution in [0.1, 0.15) is 17.5 Å². The number of halogens is 3. The molecule has 0 saturated heterocycles. The Morgan fingerprint density at radius 1 is 0.969 bits per heavy atom. The van der Waals surface area contributed by atoms with Crippen LogP contribution in [0.4, 0.5) is 13.2 Å². The minimum Gasteiger partial charge on any atom is -0.493 e. The van der Waals surface area contributed by atoms with E-state index in [1.54, 1.807) is 0 Å². The Morgan fingerprint density at radius 3 is 2.25 bits per heavy atom. The molecule has 0 radical (unpaired) electrons. The summed E-state index contributed by atoms with van der Waals surface area (Å²) in [5, 5.41) is 18.9. The molecule has 0 aliphatic heterocycles. The maximum atomic E-state index is 10.6. The van der Waals surface area contributed by atoms with Gasteiger partial charge in [-0.1, -0.05) is 42.5 Å². The molecule has 0 bridgehead atoms. The van der Waals surface area contributed by atoms with E-state index in [4.69, 9.17) is 19.7 Å². The Balaban J connectivity index is 0.000000633. The number of ether oxygens (including phenoxy) is 1. The first-order chi connectivity index (χ1) is 15.2. The second-order valence-electron chi connectivity index (χ2n) is 6.48. The smallest absolute Gasteiger partial charge is 0.490 e. The van der Waals surface area contributed by atoms with Gasteiger partial charge in [0.15, 0.2) is 0 Å². The van der Waals surface area contributed by atoms with Crippen molar-refractivity contribution in [1.82, 2.24) is 5.32 Å². The van der Waals surface area contributed by atoms with Crippen LogP contribution in [0.25, 0.3) is 0 Å². The van der Waals surface area contributed by atoms with Crippen LogP contribution in [0.3, 0.4) is 0 Å². The van der Waals surface area contributed by atoms with E-state index in [0.717, 1.165) is 30.2 Å². The lowest BCUT2D eigenvalue weighted by atomic mass is 10.1. The fourth-order valence-corrected chi connectivity index (χ4v) is 3.10. The summed E-state index contributed by atoms with van der Waals surface area (Å²) in [7, 11) is 0. The lowest BCUT2D eigenvalue weighted by molar-refractivity contribution is -0.192. The monoisotopic (exact) mass is 473 g/mol. The molecule has 0 aromatic heterocycles. The molecule has 0 unspecified atom stereocenters. The summed E-state index contributed by atoms with van der Waals surface area (Å²) >= 11 is 1.87. The van der Waals surface area contributed by atoms with Crippen molar-refractivity contribution in [2.24, 2.45) is 0 Å². The van der Waals surface area contributed by atoms with Gasteiger partial charge in [0.2, 0.25) is 0 Å². The maximum absolute atomic E-state index is 10.6. The zero-order valence-corrected chi connectivity index (χ0v) is 18.1. The van der Waals surface area contributed by atoms with E-state index in [0.29, 0.717) is 13.2 Å². The van der Waals surface area contributed by atoms with Gasteiger partial charge in [0.05, 0.1) is 13.0 Å². The molecule has 10 heteroatoms. The average Bonchev–Trinajstić information content (AvgIpc) is 2.74. The van der Waals surface area contributed by atoms with Gasteiger partial charge in [-0.2, -0.15) is 24.9 Å². The zero-order chi connectivity index (χ0) is 23.8. The largest absolute Gasteiger partial charge is 0.493 e. The summed E-state index contributed by atoms with van der Waals surface area (Å²) in [5.41, 5.74) is 2.53. The van der Waals surface area contributed by atoms with Crippen LogP contribution >= 0.6 is 11.8 Å². The van der Waals surface area contributed by atoms with Crippen LogP contribution in [-0.4, -0.2) is 53.8 Å². The number of carboxylic acid groups (broad SMARTS) is 2. The van der Waals surface area contributed by atoms with E-state index in [9.17, 15) is 18.0 Å². The number of nitrogens with one attached hydrogen (secondary N) is 1. The van der Waals surface area contributed by atoms with E-state index < -0.39 is 18.1 Å². The van der Waals surface area contributed by atoms with Gasteiger partial charge in [-0.3, -0.25) is 4.79 Å². The standard InChI is InChI=1S/C20H25NO3S.C2HF3O2/c22-20(23)10-12-21-11-9-17-7-4-8-19(15-17)24-13-14-25-16-18-5-2-1-3-6-18;3-2(4,5)1(6)7/h1-8,15,21H,9-14,16H2,(H,22,23);(H,6,7). The molecule has 0 fully saturated rings. The van der Waals surface area contributed by atoms with E-state index in [2.05, 4.69) is 41.7 Å². The van der Waals surface area contributed by atoms with Crippen molar-refractivity contribution in [2.75, 3.05) is 25.4 Å². The van der Waals surface area contributed by atoms with Crippen molar-refractivity contribution in [3.05, 3.63) is 65.7 Å². The average molecular weight is 474 g/mol. The molecule has 2 aromatic rings. The van der Waals surface area contributed by atoms with Crippen LogP contribution in [-0.2, 0) is 21.8 Å². The molecule has 0 heterocycles. The number of benzene rings is 2. The minimum atomic E-state index is -5.08. The SMILES string of the molecule is O=C(O)C(F)(F)F.O=C(O)CCNCCc1cccc(OCCSCc2ccccc2)c1. The third-order valence-corrected chi connectivity index (χ3v) is 4.85. The van der Waals surface area contributed by atoms with Crippen molar-refractivity contribution in [2.45, 2.75) is 24.8 Å². The fourth-order valence-electron chi connectivity index (χ4n) is 2.33. The van der Waals surface area contributed by atoms with Crippen molar-refractivity contribution >= 4 is 23.7 Å². The zero-order valence-electron chi connectivity index (χ0n) is 17.3. The predicted octanol–water partition coefficient (Wildman–Crippen LogP) is 4.24. The maximum Gasteiger partial charge on any atom is 0.490 e. The van der Waals surface area contributed by atoms with E-state index in [1.165, 1.54) is 11.1 Å². The molecule has 2 rings (SSSR count). The summed E-state index contributed by atoms with van der Waals surface area (Å²) in [6, 6.07) is 18.5. The molecular formula is C22H26F3NO5S. The number of carbonyl (C=O) groups is 2. The highest BCUT2D eigenvalue weighted by molar-refractivity contribution is 7.98. The Morgan fingerprint density at radius 2 is 1.62 bits per heavy atom. The Bertz CT molecular complexity index is 819. The number of hydrogen-bond acceptors (Lipinski definition) is 5. The van der Waals surface area contributed by atoms with Gasteiger partial charge < -0.3 is 20.3 Å². The molecule has 0 spiro atoms. The van der Waals surface area contributed by atoms with Gasteiger partial charge >= 0.3 is 18.1 Å². The molecule has 3 N–H and O–H groups in total. The topological polar surface area (TPSA) is 95.9 Å². The first-order valence-corrected chi connectivity index (χ1v) is 10.9. The third kappa shape index (κ3) is 13.6. The number of carboxylic acids is 2. The van der Waals surface area contributed by atoms with Gasteiger partial charge in [-0.25, -0.2) is 4.79 Å². The van der Waals surface area contributed by atoms with Crippen LogP contribution in [0.5, 0.6) is 5.75 Å². The highest BCUT2D eigenvalue weighted by Gasteiger charge is 2.38. The van der Waals surface area contributed by atoms with Gasteiger partial charge in [-0.15, -0.1) is 0 Å². The summed E-state index contributed by atoms with van der Waals surface area (Å²) in [6.07, 6.45) is -4.07. The van der Waals surface area contributed by atoms with Crippen molar-refractivity contribution < 1.29 is 37.7 Å². The summed E-state index contributed by atoms with van der Waals surface area (Å²) in [4.78, 5) is 19.3. The van der Waals surface area contributed by atoms with E-state index in [1.807, 2.05) is 30.0 Å². The van der Waals surface area contributed by atoms with E-state index >= 15 is 0 Å². The molecule has 0 saturated carbocycles. The summed E-state index contributed by atoms with van der Waals surface area (Å²) in [6.45, 7) is 1.96. The van der Waals surface area contributed by atoms with Crippen molar-refractivity contribution in [3.63, 3.8) is 0 Å². The number of aliphatic carboxylic acids is 2. The predicted molar refractivity (Wildman–Crippen MR) is 117 cm³/mol. The molecule has 0 amide bonds. The van der Waals surface area contributed by atoms with Crippen LogP contribution in [0, 0.1) is 0 Å². The number of rotatable bonds is 12. The van der Waals surface area contributed by atoms with Crippen LogP contribution in [0.2, 0.25) is 0 Å². The molecule has 2 aromatic carbocycles. The minimum absolute atomic E-state index is 0.157. The van der Waals surface area contributed by atoms with Gasteiger partial charge in [0.1, 0.15) is 5.75 Å². The number of alkyl halides is 3. The number of hydrogen-bond donors (Lipinski definition) is 3. The Hall–Kier alpha value is -2.72. The Labute approximate surface area is 188 Å².